The molecule has 0 aliphatic heterocycles. The fraction of sp³-hybridized carbons (Fsp3) is 0. The first-order valence-corrected chi connectivity index (χ1v) is 5.20. The molecule has 3 rings (SSSR count). The predicted molar refractivity (Wildman–Crippen MR) is 65.0 cm³/mol. The largest absolute Gasteiger partial charge is 0.237 e. The molecule has 0 atom stereocenters. The lowest BCUT2D eigenvalue weighted by Gasteiger charge is -2.02. The molecule has 0 unspecified atom stereocenters. The number of fused-ring (bicyclic) bond motifs is 1. The van der Waals surface area contributed by atoms with E-state index in [4.69, 9.17) is 0 Å². The number of hydrogen-bond acceptors (Lipinski definition) is 2. The van der Waals surface area contributed by atoms with E-state index >= 15 is 0 Å². The van der Waals surface area contributed by atoms with Gasteiger partial charge < -0.3 is 0 Å². The van der Waals surface area contributed by atoms with Crippen molar-refractivity contribution in [2.24, 2.45) is 0 Å². The molecule has 16 heavy (non-hydrogen) atoms. The Morgan fingerprint density at radius 1 is 0.750 bits per heavy atom. The summed E-state index contributed by atoms with van der Waals surface area (Å²) in [7, 11) is 0. The predicted octanol–water partition coefficient (Wildman–Crippen LogP) is 3.30. The Kier molecular flexibility index (Phi) is 2.11. The summed E-state index contributed by atoms with van der Waals surface area (Å²) in [4.78, 5) is 8.55. The second-order valence-electron chi connectivity index (χ2n) is 3.64. The van der Waals surface area contributed by atoms with Crippen LogP contribution in [-0.2, 0) is 0 Å². The van der Waals surface area contributed by atoms with Gasteiger partial charge in [-0.3, -0.25) is 0 Å². The van der Waals surface area contributed by atoms with Gasteiger partial charge in [-0.25, -0.2) is 9.97 Å². The lowest BCUT2D eigenvalue weighted by molar-refractivity contribution is 1.29. The van der Waals surface area contributed by atoms with Crippen molar-refractivity contribution in [2.45, 2.75) is 0 Å². The average Bonchev–Trinajstić information content (AvgIpc) is 2.39. The summed E-state index contributed by atoms with van der Waals surface area (Å²) >= 11 is 0. The fourth-order valence-electron chi connectivity index (χ4n) is 1.75. The molecule has 0 fully saturated rings. The molecule has 1 aromatic carbocycles. The Labute approximate surface area is 93.6 Å². The maximum atomic E-state index is 4.35. The van der Waals surface area contributed by atoms with Gasteiger partial charge in [0.2, 0.25) is 0 Å². The van der Waals surface area contributed by atoms with Crippen LogP contribution >= 0.6 is 0 Å². The van der Waals surface area contributed by atoms with E-state index in [1.165, 1.54) is 5.56 Å². The van der Waals surface area contributed by atoms with E-state index in [1.807, 2.05) is 36.5 Å². The quantitative estimate of drug-likeness (QED) is 0.610. The van der Waals surface area contributed by atoms with Gasteiger partial charge in [-0.15, -0.1) is 0 Å². The SMILES string of the molecule is c1ccc(-c2cnc3ncccc3c2)cc1. The van der Waals surface area contributed by atoms with E-state index < -0.39 is 0 Å². The minimum atomic E-state index is 0.794. The first-order valence-electron chi connectivity index (χ1n) is 5.20. The second kappa shape index (κ2) is 3.74. The van der Waals surface area contributed by atoms with Crippen LogP contribution in [0.2, 0.25) is 0 Å². The summed E-state index contributed by atoms with van der Waals surface area (Å²) in [5, 5.41) is 1.07. The average molecular weight is 206 g/mol. The first kappa shape index (κ1) is 9.04. The van der Waals surface area contributed by atoms with Crippen LogP contribution in [0.4, 0.5) is 0 Å². The van der Waals surface area contributed by atoms with Gasteiger partial charge in [-0.2, -0.15) is 0 Å². The highest BCUT2D eigenvalue weighted by Gasteiger charge is 1.99. The van der Waals surface area contributed by atoms with Crippen molar-refractivity contribution in [3.8, 4) is 11.1 Å². The highest BCUT2D eigenvalue weighted by atomic mass is 14.8. The molecule has 0 radical (unpaired) electrons. The lowest BCUT2D eigenvalue weighted by atomic mass is 10.1. The van der Waals surface area contributed by atoms with Crippen molar-refractivity contribution in [3.05, 3.63) is 60.9 Å². The summed E-state index contributed by atoms with van der Waals surface area (Å²) in [6, 6.07) is 16.3. The normalized spacial score (nSPS) is 10.5. The standard InChI is InChI=1S/C14H10N2/c1-2-5-11(6-3-1)13-9-12-7-4-8-15-14(12)16-10-13/h1-10H. The van der Waals surface area contributed by atoms with Crippen LogP contribution in [0.25, 0.3) is 22.2 Å². The lowest BCUT2D eigenvalue weighted by Crippen LogP contribution is -1.84. The summed E-state index contributed by atoms with van der Waals surface area (Å²) in [6.45, 7) is 0. The molecule has 0 aliphatic rings. The van der Waals surface area contributed by atoms with Gasteiger partial charge in [0.05, 0.1) is 0 Å². The monoisotopic (exact) mass is 206 g/mol. The van der Waals surface area contributed by atoms with E-state index in [1.54, 1.807) is 6.20 Å². The number of rotatable bonds is 1. The number of pyridine rings is 2. The van der Waals surface area contributed by atoms with E-state index in [0.29, 0.717) is 0 Å². The van der Waals surface area contributed by atoms with Gasteiger partial charge >= 0.3 is 0 Å². The van der Waals surface area contributed by atoms with Gasteiger partial charge in [-0.1, -0.05) is 30.3 Å². The van der Waals surface area contributed by atoms with Crippen molar-refractivity contribution in [1.29, 1.82) is 0 Å². The van der Waals surface area contributed by atoms with Gasteiger partial charge in [0.1, 0.15) is 0 Å². The van der Waals surface area contributed by atoms with Crippen LogP contribution in [0.1, 0.15) is 0 Å². The topological polar surface area (TPSA) is 25.8 Å². The van der Waals surface area contributed by atoms with Crippen molar-refractivity contribution >= 4 is 11.0 Å². The van der Waals surface area contributed by atoms with E-state index in [9.17, 15) is 0 Å². The molecular weight excluding hydrogens is 196 g/mol. The molecule has 2 heterocycles. The number of benzene rings is 1. The molecule has 0 bridgehead atoms. The third-order valence-electron chi connectivity index (χ3n) is 2.56. The zero-order chi connectivity index (χ0) is 10.8. The van der Waals surface area contributed by atoms with Gasteiger partial charge in [-0.05, 0) is 23.8 Å². The molecule has 2 nitrogen and oxygen atoms in total. The van der Waals surface area contributed by atoms with Crippen molar-refractivity contribution in [3.63, 3.8) is 0 Å². The molecule has 0 amide bonds. The second-order valence-corrected chi connectivity index (χ2v) is 3.64. The summed E-state index contributed by atoms with van der Waals surface area (Å²) < 4.78 is 0. The zero-order valence-electron chi connectivity index (χ0n) is 8.67. The Bertz CT molecular complexity index is 618. The third-order valence-corrected chi connectivity index (χ3v) is 2.56. The van der Waals surface area contributed by atoms with Crippen molar-refractivity contribution < 1.29 is 0 Å². The Hall–Kier alpha value is -2.22. The van der Waals surface area contributed by atoms with Crippen molar-refractivity contribution in [2.75, 3.05) is 0 Å². The zero-order valence-corrected chi connectivity index (χ0v) is 8.67. The Balaban J connectivity index is 2.19. The molecule has 2 aromatic heterocycles. The minimum Gasteiger partial charge on any atom is -0.237 e. The summed E-state index contributed by atoms with van der Waals surface area (Å²) in [6.07, 6.45) is 3.63. The maximum Gasteiger partial charge on any atom is 0.159 e. The molecule has 0 aliphatic carbocycles. The Morgan fingerprint density at radius 2 is 1.62 bits per heavy atom. The fourth-order valence-corrected chi connectivity index (χ4v) is 1.75. The van der Waals surface area contributed by atoms with Gasteiger partial charge in [0.15, 0.2) is 5.65 Å². The van der Waals surface area contributed by atoms with Crippen LogP contribution in [-0.4, -0.2) is 9.97 Å². The minimum absolute atomic E-state index is 0.794. The van der Waals surface area contributed by atoms with Gasteiger partial charge in [0, 0.05) is 23.3 Å². The molecule has 3 aromatic rings. The molecule has 0 N–H and O–H groups in total. The third kappa shape index (κ3) is 1.54. The van der Waals surface area contributed by atoms with E-state index in [0.717, 1.165) is 16.6 Å². The highest BCUT2D eigenvalue weighted by Crippen LogP contribution is 2.21. The molecule has 0 spiro atoms. The molecule has 76 valence electrons. The summed E-state index contributed by atoms with van der Waals surface area (Å²) in [5.41, 5.74) is 3.10. The van der Waals surface area contributed by atoms with Crippen LogP contribution < -0.4 is 0 Å². The number of hydrogen-bond donors (Lipinski definition) is 0. The van der Waals surface area contributed by atoms with Crippen LogP contribution in [0.5, 0.6) is 0 Å². The van der Waals surface area contributed by atoms with Crippen LogP contribution in [0.3, 0.4) is 0 Å². The number of nitrogens with zero attached hydrogens (tertiary/aromatic N) is 2. The molecule has 0 saturated heterocycles. The molecule has 2 heteroatoms. The van der Waals surface area contributed by atoms with Crippen LogP contribution in [0, 0.1) is 0 Å². The smallest absolute Gasteiger partial charge is 0.159 e. The van der Waals surface area contributed by atoms with E-state index in [-0.39, 0.29) is 0 Å². The Morgan fingerprint density at radius 3 is 2.50 bits per heavy atom. The maximum absolute atomic E-state index is 4.35. The highest BCUT2D eigenvalue weighted by molar-refractivity contribution is 5.80. The first-order chi connectivity index (χ1) is 7.93. The summed E-state index contributed by atoms with van der Waals surface area (Å²) in [5.74, 6) is 0. The molecule has 0 saturated carbocycles. The van der Waals surface area contributed by atoms with Crippen molar-refractivity contribution in [1.82, 2.24) is 9.97 Å². The van der Waals surface area contributed by atoms with E-state index in [2.05, 4.69) is 28.2 Å². The molecular formula is C14H10N2. The van der Waals surface area contributed by atoms with Gasteiger partial charge in [0.25, 0.3) is 0 Å². The number of aromatic nitrogens is 2. The van der Waals surface area contributed by atoms with Crippen LogP contribution in [0.15, 0.2) is 60.9 Å².